The van der Waals surface area contributed by atoms with Crippen LogP contribution in [0.2, 0.25) is 0 Å². The Morgan fingerprint density at radius 2 is 2.06 bits per heavy atom. The lowest BCUT2D eigenvalue weighted by atomic mass is 9.95. The van der Waals surface area contributed by atoms with Crippen molar-refractivity contribution < 1.29 is 5.11 Å². The summed E-state index contributed by atoms with van der Waals surface area (Å²) in [6.45, 7) is 5.66. The van der Waals surface area contributed by atoms with Crippen LogP contribution < -0.4 is 5.32 Å². The van der Waals surface area contributed by atoms with Crippen LogP contribution in [0, 0.1) is 5.41 Å². The second kappa shape index (κ2) is 12.7. The lowest BCUT2D eigenvalue weighted by molar-refractivity contribution is 0.110. The Hall–Kier alpha value is -3.22. The Balaban J connectivity index is 1.82. The van der Waals surface area contributed by atoms with E-state index in [0.29, 0.717) is 17.4 Å². The van der Waals surface area contributed by atoms with Crippen LogP contribution in [0.25, 0.3) is 10.9 Å². The number of hydrogen-bond donors (Lipinski definition) is 3. The van der Waals surface area contributed by atoms with Gasteiger partial charge in [-0.15, -0.1) is 0 Å². The van der Waals surface area contributed by atoms with Gasteiger partial charge in [-0.1, -0.05) is 49.1 Å². The first-order valence-electron chi connectivity index (χ1n) is 11.5. The average Bonchev–Trinajstić information content (AvgIpc) is 2.84. The van der Waals surface area contributed by atoms with Gasteiger partial charge >= 0.3 is 0 Å². The Morgan fingerprint density at radius 3 is 2.82 bits per heavy atom. The van der Waals surface area contributed by atoms with Crippen LogP contribution in [-0.2, 0) is 6.42 Å². The number of aliphatic hydroxyl groups excluding tert-OH is 1. The number of pyridine rings is 1. The molecule has 2 aromatic rings. The summed E-state index contributed by atoms with van der Waals surface area (Å²) in [5, 5.41) is 22.3. The highest BCUT2D eigenvalue weighted by atomic mass is 16.3. The molecule has 3 rings (SSSR count). The molecular formula is C27H33N5O. The minimum Gasteiger partial charge on any atom is -0.373 e. The van der Waals surface area contributed by atoms with Crippen molar-refractivity contribution in [3.63, 3.8) is 0 Å². The van der Waals surface area contributed by atoms with Gasteiger partial charge in [0.05, 0.1) is 23.1 Å². The fourth-order valence-electron chi connectivity index (χ4n) is 4.07. The minimum atomic E-state index is -0.776. The highest BCUT2D eigenvalue weighted by Gasteiger charge is 2.19. The molecule has 0 amide bonds. The third-order valence-electron chi connectivity index (χ3n) is 5.77. The van der Waals surface area contributed by atoms with Crippen molar-refractivity contribution in [1.29, 1.82) is 5.41 Å². The standard InChI is InChI=1S/C27H33N5O/c1-20(13-14-23(29-2)19-30-16-8-15-28)17-21-18-26(32-25-12-7-6-11-24(21)25)27(33)31-22-9-4-3-5-10-22/h6-8,11-16,18-19,22,27-28,31,33H,2-5,9-10,17H2,1H3/b16-8-,20-13+,23-14-,28-15?,30-19-. The molecule has 1 aliphatic carbocycles. The molecule has 0 radical (unpaired) electrons. The first kappa shape index (κ1) is 24.4. The average molecular weight is 444 g/mol. The maximum absolute atomic E-state index is 10.9. The predicted molar refractivity (Wildman–Crippen MR) is 138 cm³/mol. The lowest BCUT2D eigenvalue weighted by Crippen LogP contribution is -2.34. The van der Waals surface area contributed by atoms with Crippen LogP contribution in [0.15, 0.2) is 76.0 Å². The smallest absolute Gasteiger partial charge is 0.148 e. The quantitative estimate of drug-likeness (QED) is 0.259. The van der Waals surface area contributed by atoms with E-state index in [-0.39, 0.29) is 0 Å². The van der Waals surface area contributed by atoms with Gasteiger partial charge in [0, 0.05) is 23.8 Å². The zero-order chi connectivity index (χ0) is 23.5. The molecule has 0 aliphatic heterocycles. The maximum Gasteiger partial charge on any atom is 0.148 e. The summed E-state index contributed by atoms with van der Waals surface area (Å²) in [4.78, 5) is 12.8. The minimum absolute atomic E-state index is 0.345. The lowest BCUT2D eigenvalue weighted by Gasteiger charge is -2.26. The second-order valence-corrected chi connectivity index (χ2v) is 8.35. The second-order valence-electron chi connectivity index (χ2n) is 8.35. The van der Waals surface area contributed by atoms with Crippen LogP contribution in [0.4, 0.5) is 0 Å². The Bertz CT molecular complexity index is 1080. The number of fused-ring (bicyclic) bond motifs is 1. The monoisotopic (exact) mass is 443 g/mol. The third kappa shape index (κ3) is 7.41. The van der Waals surface area contributed by atoms with Crippen molar-refractivity contribution in [1.82, 2.24) is 10.3 Å². The largest absolute Gasteiger partial charge is 0.373 e. The molecule has 6 nitrogen and oxygen atoms in total. The van der Waals surface area contributed by atoms with Gasteiger partial charge in [0.2, 0.25) is 0 Å². The summed E-state index contributed by atoms with van der Waals surface area (Å²) in [6.07, 6.45) is 15.6. The van der Waals surface area contributed by atoms with Crippen LogP contribution in [0.3, 0.4) is 0 Å². The molecule has 0 bridgehead atoms. The number of benzene rings is 1. The molecule has 6 heteroatoms. The third-order valence-corrected chi connectivity index (χ3v) is 5.77. The normalized spacial score (nSPS) is 17.2. The van der Waals surface area contributed by atoms with Crippen molar-refractivity contribution in [2.24, 2.45) is 9.98 Å². The molecule has 1 aliphatic rings. The van der Waals surface area contributed by atoms with Gasteiger partial charge in [-0.05, 0) is 62.8 Å². The molecule has 1 atom stereocenters. The molecule has 3 N–H and O–H groups in total. The van der Waals surface area contributed by atoms with E-state index < -0.39 is 6.23 Å². The highest BCUT2D eigenvalue weighted by Crippen LogP contribution is 2.25. The molecule has 1 heterocycles. The van der Waals surface area contributed by atoms with Gasteiger partial charge in [-0.25, -0.2) is 4.98 Å². The highest BCUT2D eigenvalue weighted by molar-refractivity contribution is 5.83. The van der Waals surface area contributed by atoms with E-state index in [4.69, 9.17) is 10.4 Å². The van der Waals surface area contributed by atoms with Crippen LogP contribution >= 0.6 is 0 Å². The number of rotatable bonds is 10. The van der Waals surface area contributed by atoms with Crippen LogP contribution in [0.1, 0.15) is 56.5 Å². The Morgan fingerprint density at radius 1 is 1.27 bits per heavy atom. The predicted octanol–water partition coefficient (Wildman–Crippen LogP) is 5.46. The zero-order valence-electron chi connectivity index (χ0n) is 19.2. The molecule has 1 aromatic carbocycles. The van der Waals surface area contributed by atoms with E-state index in [1.54, 1.807) is 6.21 Å². The number of nitrogens with zero attached hydrogens (tertiary/aromatic N) is 3. The number of allylic oxidation sites excluding steroid dienone is 5. The number of aliphatic hydroxyl groups is 1. The molecule has 1 saturated carbocycles. The molecule has 0 spiro atoms. The zero-order valence-corrected chi connectivity index (χ0v) is 19.2. The summed E-state index contributed by atoms with van der Waals surface area (Å²) < 4.78 is 0. The Kier molecular flexibility index (Phi) is 9.42. The van der Waals surface area contributed by atoms with Gasteiger partial charge in [0.15, 0.2) is 0 Å². The maximum atomic E-state index is 10.9. The van der Waals surface area contributed by atoms with Crippen LogP contribution in [-0.4, -0.2) is 35.3 Å². The van der Waals surface area contributed by atoms with E-state index >= 15 is 0 Å². The number of aromatic nitrogens is 1. The summed E-state index contributed by atoms with van der Waals surface area (Å²) in [6, 6.07) is 10.4. The van der Waals surface area contributed by atoms with Gasteiger partial charge in [0.25, 0.3) is 0 Å². The fourth-order valence-corrected chi connectivity index (χ4v) is 4.07. The first-order chi connectivity index (χ1) is 16.1. The summed E-state index contributed by atoms with van der Waals surface area (Å²) >= 11 is 0. The molecule has 172 valence electrons. The summed E-state index contributed by atoms with van der Waals surface area (Å²) in [5.74, 6) is 0. The van der Waals surface area contributed by atoms with Crippen molar-refractivity contribution in [3.05, 3.63) is 77.3 Å². The topological polar surface area (TPSA) is 93.7 Å². The summed E-state index contributed by atoms with van der Waals surface area (Å²) in [5.41, 5.74) is 4.44. The van der Waals surface area contributed by atoms with Crippen molar-refractivity contribution in [3.8, 4) is 0 Å². The van der Waals surface area contributed by atoms with Crippen LogP contribution in [0.5, 0.6) is 0 Å². The van der Waals surface area contributed by atoms with Gasteiger partial charge < -0.3 is 10.5 Å². The molecule has 1 fully saturated rings. The number of para-hydroxylation sites is 1. The van der Waals surface area contributed by atoms with Crippen molar-refractivity contribution in [2.75, 3.05) is 0 Å². The molecule has 0 saturated heterocycles. The van der Waals surface area contributed by atoms with Gasteiger partial charge in [0.1, 0.15) is 6.23 Å². The van der Waals surface area contributed by atoms with E-state index in [2.05, 4.69) is 35.0 Å². The van der Waals surface area contributed by atoms with E-state index in [9.17, 15) is 5.11 Å². The molecule has 33 heavy (non-hydrogen) atoms. The summed E-state index contributed by atoms with van der Waals surface area (Å²) in [7, 11) is 0. The van der Waals surface area contributed by atoms with Gasteiger partial charge in [-0.2, -0.15) is 0 Å². The Labute approximate surface area is 196 Å². The molecule has 1 unspecified atom stereocenters. The van der Waals surface area contributed by atoms with Gasteiger partial charge in [-0.3, -0.25) is 15.3 Å². The first-order valence-corrected chi connectivity index (χ1v) is 11.5. The van der Waals surface area contributed by atoms with Crippen molar-refractivity contribution >= 4 is 30.0 Å². The fraction of sp³-hybridized carbons (Fsp3) is 0.333. The number of aliphatic imine (C=N–C) groups is 2. The van der Waals surface area contributed by atoms with Crippen molar-refractivity contribution in [2.45, 2.75) is 57.7 Å². The number of hydrogen-bond acceptors (Lipinski definition) is 6. The molecular weight excluding hydrogens is 410 g/mol. The molecule has 1 aromatic heterocycles. The van der Waals surface area contributed by atoms with E-state index in [1.807, 2.05) is 36.4 Å². The number of nitrogens with one attached hydrogen (secondary N) is 2. The van der Waals surface area contributed by atoms with E-state index in [0.717, 1.165) is 41.3 Å². The SMILES string of the molecule is C=NC(/C=N\C=C/C=N)=C\C=C(/C)Cc1cc(C(O)NC2CCCCC2)nc2ccccc12. The van der Waals surface area contributed by atoms with E-state index in [1.165, 1.54) is 37.8 Å².